The molecule has 4 heterocycles. The molecule has 5 rings (SSSR count). The van der Waals surface area contributed by atoms with Gasteiger partial charge in [0.1, 0.15) is 5.39 Å². The Bertz CT molecular complexity index is 1280. The Kier molecular flexibility index (Phi) is 4.61. The van der Waals surface area contributed by atoms with Crippen LogP contribution in [0.15, 0.2) is 52.0 Å². The van der Waals surface area contributed by atoms with Crippen LogP contribution in [0.5, 0.6) is 0 Å². The van der Waals surface area contributed by atoms with Crippen LogP contribution in [0, 0.1) is 0 Å². The van der Waals surface area contributed by atoms with Crippen molar-refractivity contribution in [2.24, 2.45) is 0 Å². The quantitative estimate of drug-likeness (QED) is 0.485. The molecule has 0 saturated carbocycles. The molecule has 1 N–H and O–H groups in total. The predicted octanol–water partition coefficient (Wildman–Crippen LogP) is 3.37. The zero-order valence-electron chi connectivity index (χ0n) is 14.8. The Balaban J connectivity index is 1.49. The second kappa shape index (κ2) is 7.29. The maximum Gasteiger partial charge on any atom is 0.265 e. The van der Waals surface area contributed by atoms with Crippen LogP contribution in [0.4, 0.5) is 5.13 Å². The summed E-state index contributed by atoms with van der Waals surface area (Å²) in [5.41, 5.74) is 1.01. The molecule has 1 aromatic carbocycles. The third-order valence-electron chi connectivity index (χ3n) is 4.52. The van der Waals surface area contributed by atoms with Gasteiger partial charge in [-0.2, -0.15) is 5.10 Å². The molecule has 0 fully saturated rings. The summed E-state index contributed by atoms with van der Waals surface area (Å²) in [7, 11) is 0. The highest BCUT2D eigenvalue weighted by molar-refractivity contribution is 7.99. The third kappa shape index (κ3) is 3.33. The molecule has 4 aromatic rings. The summed E-state index contributed by atoms with van der Waals surface area (Å²) in [6.45, 7) is 0. The summed E-state index contributed by atoms with van der Waals surface area (Å²) in [6, 6.07) is 6.93. The van der Waals surface area contributed by atoms with Gasteiger partial charge in [-0.15, -0.1) is 11.3 Å². The van der Waals surface area contributed by atoms with Crippen molar-refractivity contribution in [1.29, 1.82) is 0 Å². The van der Waals surface area contributed by atoms with Crippen molar-refractivity contribution < 1.29 is 4.79 Å². The first kappa shape index (κ1) is 18.3. The number of aromatic nitrogens is 5. The summed E-state index contributed by atoms with van der Waals surface area (Å²) in [5, 5.41) is 11.0. The van der Waals surface area contributed by atoms with E-state index in [9.17, 15) is 9.59 Å². The van der Waals surface area contributed by atoms with E-state index in [1.54, 1.807) is 33.0 Å². The largest absolute Gasteiger partial charge is 0.302 e. The topological polar surface area (TPSA) is 94.7 Å². The molecule has 29 heavy (non-hydrogen) atoms. The number of hydrogen-bond donors (Lipinski definition) is 1. The van der Waals surface area contributed by atoms with E-state index >= 15 is 0 Å². The number of halogens is 1. The van der Waals surface area contributed by atoms with Gasteiger partial charge in [-0.25, -0.2) is 14.6 Å². The zero-order chi connectivity index (χ0) is 20.0. The first-order chi connectivity index (χ1) is 14.1. The van der Waals surface area contributed by atoms with Gasteiger partial charge in [-0.05, 0) is 18.2 Å². The summed E-state index contributed by atoms with van der Waals surface area (Å²) < 4.78 is 3.20. The van der Waals surface area contributed by atoms with Crippen molar-refractivity contribution in [3.05, 3.63) is 57.4 Å². The SMILES string of the molecule is O=C(CC1CSc2nc3c(cnn3-c3cccc(Cl)c3)c(=O)n21)Nc1nccs1. The number of anilines is 1. The molecule has 1 aliphatic rings. The van der Waals surface area contributed by atoms with Crippen LogP contribution in [0.25, 0.3) is 16.7 Å². The van der Waals surface area contributed by atoms with Crippen LogP contribution in [-0.2, 0) is 4.79 Å². The van der Waals surface area contributed by atoms with Gasteiger partial charge in [0.2, 0.25) is 5.91 Å². The van der Waals surface area contributed by atoms with Crippen molar-refractivity contribution in [2.45, 2.75) is 17.6 Å². The molecular weight excluding hydrogens is 432 g/mol. The Hall–Kier alpha value is -2.69. The van der Waals surface area contributed by atoms with Crippen molar-refractivity contribution in [3.8, 4) is 5.69 Å². The molecule has 1 atom stereocenters. The van der Waals surface area contributed by atoms with E-state index < -0.39 is 0 Å². The maximum absolute atomic E-state index is 13.1. The number of fused-ring (bicyclic) bond motifs is 2. The average Bonchev–Trinajstić information content (AvgIpc) is 3.42. The van der Waals surface area contributed by atoms with Crippen molar-refractivity contribution in [1.82, 2.24) is 24.3 Å². The highest BCUT2D eigenvalue weighted by Crippen LogP contribution is 2.33. The molecule has 0 spiro atoms. The Morgan fingerprint density at radius 3 is 3.07 bits per heavy atom. The van der Waals surface area contributed by atoms with E-state index in [4.69, 9.17) is 11.6 Å². The monoisotopic (exact) mass is 444 g/mol. The van der Waals surface area contributed by atoms with Crippen LogP contribution in [-0.4, -0.2) is 36.0 Å². The fraction of sp³-hybridized carbons (Fsp3) is 0.167. The van der Waals surface area contributed by atoms with Gasteiger partial charge in [0.25, 0.3) is 5.56 Å². The van der Waals surface area contributed by atoms with Crippen LogP contribution < -0.4 is 10.9 Å². The van der Waals surface area contributed by atoms with E-state index in [2.05, 4.69) is 20.4 Å². The minimum atomic E-state index is -0.270. The van der Waals surface area contributed by atoms with Gasteiger partial charge in [0, 0.05) is 28.8 Å². The fourth-order valence-electron chi connectivity index (χ4n) is 3.25. The van der Waals surface area contributed by atoms with Gasteiger partial charge in [0.05, 0.1) is 17.9 Å². The molecule has 8 nitrogen and oxygen atoms in total. The van der Waals surface area contributed by atoms with Gasteiger partial charge < -0.3 is 5.32 Å². The first-order valence-corrected chi connectivity index (χ1v) is 10.9. The van der Waals surface area contributed by atoms with E-state index in [1.165, 1.54) is 29.3 Å². The number of thiazole rings is 1. The van der Waals surface area contributed by atoms with Crippen molar-refractivity contribution >= 4 is 56.8 Å². The average molecular weight is 445 g/mol. The molecule has 1 amide bonds. The number of carbonyl (C=O) groups is 1. The van der Waals surface area contributed by atoms with E-state index in [1.807, 2.05) is 12.1 Å². The normalized spacial score (nSPS) is 15.6. The third-order valence-corrected chi connectivity index (χ3v) is 6.54. The van der Waals surface area contributed by atoms with E-state index in [0.29, 0.717) is 32.1 Å². The smallest absolute Gasteiger partial charge is 0.265 e. The number of thioether (sulfide) groups is 1. The lowest BCUT2D eigenvalue weighted by Gasteiger charge is -2.12. The fourth-order valence-corrected chi connectivity index (χ4v) is 5.11. The number of nitrogens with zero attached hydrogens (tertiary/aromatic N) is 5. The maximum atomic E-state index is 13.1. The molecule has 0 aliphatic carbocycles. The molecule has 1 aliphatic heterocycles. The second-order valence-electron chi connectivity index (χ2n) is 6.40. The molecule has 0 radical (unpaired) electrons. The van der Waals surface area contributed by atoms with Crippen molar-refractivity contribution in [3.63, 3.8) is 0 Å². The molecule has 146 valence electrons. The summed E-state index contributed by atoms with van der Waals surface area (Å²) >= 11 is 8.89. The number of nitrogens with one attached hydrogen (secondary N) is 1. The molecule has 3 aromatic heterocycles. The number of rotatable bonds is 4. The molecule has 11 heteroatoms. The number of carbonyl (C=O) groups excluding carboxylic acids is 1. The van der Waals surface area contributed by atoms with Crippen LogP contribution >= 0.6 is 34.7 Å². The molecule has 0 saturated heterocycles. The predicted molar refractivity (Wildman–Crippen MR) is 113 cm³/mol. The molecule has 1 unspecified atom stereocenters. The van der Waals surface area contributed by atoms with Crippen LogP contribution in [0.1, 0.15) is 12.5 Å². The lowest BCUT2D eigenvalue weighted by atomic mass is 10.2. The number of benzene rings is 1. The van der Waals surface area contributed by atoms with E-state index in [-0.39, 0.29) is 23.9 Å². The second-order valence-corrected chi connectivity index (χ2v) is 8.72. The Morgan fingerprint density at radius 1 is 1.38 bits per heavy atom. The lowest BCUT2D eigenvalue weighted by Crippen LogP contribution is -2.27. The Morgan fingerprint density at radius 2 is 2.28 bits per heavy atom. The highest BCUT2D eigenvalue weighted by atomic mass is 35.5. The standard InChI is InChI=1S/C18H13ClN6O2S2/c19-10-2-1-3-11(6-10)25-15-13(8-21-25)16(27)24-12(9-29-18(24)23-15)7-14(26)22-17-20-4-5-28-17/h1-6,8,12H,7,9H2,(H,20,22,26). The van der Waals surface area contributed by atoms with Gasteiger partial charge >= 0.3 is 0 Å². The number of hydrogen-bond acceptors (Lipinski definition) is 7. The first-order valence-electron chi connectivity index (χ1n) is 8.68. The molecular formula is C18H13ClN6O2S2. The van der Waals surface area contributed by atoms with Crippen LogP contribution in [0.2, 0.25) is 5.02 Å². The number of amides is 1. The summed E-state index contributed by atoms with van der Waals surface area (Å²) in [6.07, 6.45) is 3.31. The minimum absolute atomic E-state index is 0.176. The van der Waals surface area contributed by atoms with Gasteiger partial charge in [0.15, 0.2) is 15.9 Å². The highest BCUT2D eigenvalue weighted by Gasteiger charge is 2.29. The van der Waals surface area contributed by atoms with Gasteiger partial charge in [-0.3, -0.25) is 14.2 Å². The van der Waals surface area contributed by atoms with Crippen molar-refractivity contribution in [2.75, 3.05) is 11.1 Å². The minimum Gasteiger partial charge on any atom is -0.302 e. The summed E-state index contributed by atoms with van der Waals surface area (Å²) in [5.74, 6) is 0.421. The summed E-state index contributed by atoms with van der Waals surface area (Å²) in [4.78, 5) is 34.2. The van der Waals surface area contributed by atoms with E-state index in [0.717, 1.165) is 5.69 Å². The zero-order valence-corrected chi connectivity index (χ0v) is 17.2. The lowest BCUT2D eigenvalue weighted by molar-refractivity contribution is -0.116. The van der Waals surface area contributed by atoms with Gasteiger partial charge in [-0.1, -0.05) is 29.4 Å². The molecule has 0 bridgehead atoms. The Labute approximate surface area is 177 Å². The van der Waals surface area contributed by atoms with Crippen LogP contribution in [0.3, 0.4) is 0 Å².